The molecule has 4 bridgehead atoms. The molecule has 4 aliphatic rings. The molecule has 1 heterocycles. The van der Waals surface area contributed by atoms with Crippen LogP contribution in [0, 0.1) is 17.8 Å². The summed E-state index contributed by atoms with van der Waals surface area (Å²) in [6.07, 6.45) is 10.3. The van der Waals surface area contributed by atoms with Crippen molar-refractivity contribution >= 4 is 11.6 Å². The summed E-state index contributed by atoms with van der Waals surface area (Å²) < 4.78 is 1.11. The summed E-state index contributed by atoms with van der Waals surface area (Å²) in [5, 5.41) is 2.91. The molecule has 6 rings (SSSR count). The zero-order valence-corrected chi connectivity index (χ0v) is 18.2. The van der Waals surface area contributed by atoms with Crippen LogP contribution in [0.1, 0.15) is 63.0 Å². The highest BCUT2D eigenvalue weighted by atomic mass is 16.2. The number of nitrogens with one attached hydrogen (secondary N) is 2. The Hall–Kier alpha value is -2.63. The molecule has 0 unspecified atom stereocenters. The van der Waals surface area contributed by atoms with Crippen molar-refractivity contribution in [1.29, 1.82) is 0 Å². The summed E-state index contributed by atoms with van der Waals surface area (Å²) >= 11 is 0. The lowest BCUT2D eigenvalue weighted by Gasteiger charge is -2.57. The van der Waals surface area contributed by atoms with Gasteiger partial charge >= 0.3 is 5.69 Å². The molecule has 0 spiro atoms. The Morgan fingerprint density at radius 1 is 1.06 bits per heavy atom. The van der Waals surface area contributed by atoms with Crippen LogP contribution in [0.5, 0.6) is 0 Å². The fourth-order valence-electron chi connectivity index (χ4n) is 6.82. The van der Waals surface area contributed by atoms with Gasteiger partial charge in [-0.05, 0) is 85.8 Å². The number of hydrogen-bond acceptors (Lipinski definition) is 3. The van der Waals surface area contributed by atoms with Crippen LogP contribution in [0.15, 0.2) is 40.1 Å². The number of aromatic nitrogens is 2. The highest BCUT2D eigenvalue weighted by molar-refractivity contribution is 5.90. The number of hydrogen-bond donors (Lipinski definition) is 2. The van der Waals surface area contributed by atoms with Crippen LogP contribution in [0.2, 0.25) is 0 Å². The third-order valence-corrected chi connectivity index (χ3v) is 7.90. The van der Waals surface area contributed by atoms with Gasteiger partial charge in [0.15, 0.2) is 0 Å². The van der Waals surface area contributed by atoms with Crippen molar-refractivity contribution in [2.24, 2.45) is 17.8 Å². The second-order valence-electron chi connectivity index (χ2n) is 10.0. The van der Waals surface area contributed by atoms with Crippen LogP contribution in [-0.2, 0) is 23.2 Å². The van der Waals surface area contributed by atoms with Gasteiger partial charge in [0.1, 0.15) is 0 Å². The largest absolute Gasteiger partial charge is 0.328 e. The first-order valence-corrected chi connectivity index (χ1v) is 11.7. The lowest BCUT2D eigenvalue weighted by atomic mass is 9.48. The van der Waals surface area contributed by atoms with Crippen LogP contribution in [0.3, 0.4) is 0 Å². The molecule has 2 N–H and O–H groups in total. The van der Waals surface area contributed by atoms with E-state index in [2.05, 4.69) is 22.4 Å². The van der Waals surface area contributed by atoms with E-state index in [0.717, 1.165) is 28.0 Å². The molecule has 0 atom stereocenters. The average molecular weight is 422 g/mol. The molecule has 1 aromatic heterocycles. The van der Waals surface area contributed by atoms with Gasteiger partial charge in [-0.1, -0.05) is 19.1 Å². The fraction of sp³-hybridized carbons (Fsp3) is 0.560. The number of carbonyl (C=O) groups is 1. The number of H-pyrrole nitrogens is 1. The standard InChI is InChI=1S/C25H31N3O3/c1-2-19-15-26-24(31)28(23(19)30)8-7-22(29)27-21-5-3-20(4-6-21)25-12-16-9-17(13-25)11-18(10-16)14-25/h3-6,15-18H,2,7-14H2,1H3,(H,26,31)(H,27,29). The van der Waals surface area contributed by atoms with Crippen molar-refractivity contribution in [1.82, 2.24) is 9.55 Å². The molecule has 1 aromatic carbocycles. The number of benzene rings is 1. The highest BCUT2D eigenvalue weighted by Gasteiger charge is 2.51. The number of carbonyl (C=O) groups excluding carboxylic acids is 1. The Balaban J connectivity index is 1.23. The molecule has 31 heavy (non-hydrogen) atoms. The maximum absolute atomic E-state index is 12.4. The van der Waals surface area contributed by atoms with E-state index >= 15 is 0 Å². The van der Waals surface area contributed by atoms with E-state index in [1.165, 1.54) is 50.3 Å². The summed E-state index contributed by atoms with van der Waals surface area (Å²) in [7, 11) is 0. The Morgan fingerprint density at radius 2 is 1.68 bits per heavy atom. The average Bonchev–Trinajstić information content (AvgIpc) is 2.73. The molecular formula is C25H31N3O3. The number of nitrogens with zero attached hydrogens (tertiary/aromatic N) is 1. The summed E-state index contributed by atoms with van der Waals surface area (Å²) in [6, 6.07) is 8.40. The Morgan fingerprint density at radius 3 is 2.26 bits per heavy atom. The number of amides is 1. The first-order valence-electron chi connectivity index (χ1n) is 11.7. The molecular weight excluding hydrogens is 390 g/mol. The van der Waals surface area contributed by atoms with E-state index in [-0.39, 0.29) is 24.4 Å². The van der Waals surface area contributed by atoms with Gasteiger partial charge in [-0.3, -0.25) is 14.2 Å². The monoisotopic (exact) mass is 421 g/mol. The SMILES string of the molecule is CCc1c[nH]c(=O)n(CCC(=O)Nc2ccc(C34CC5CC(CC(C5)C3)C4)cc2)c1=O. The predicted molar refractivity (Wildman–Crippen MR) is 120 cm³/mol. The summed E-state index contributed by atoms with van der Waals surface area (Å²) in [4.78, 5) is 39.3. The van der Waals surface area contributed by atoms with E-state index < -0.39 is 5.69 Å². The molecule has 0 saturated heterocycles. The van der Waals surface area contributed by atoms with E-state index in [1.54, 1.807) is 0 Å². The topological polar surface area (TPSA) is 84.0 Å². The van der Waals surface area contributed by atoms with Crippen molar-refractivity contribution in [3.63, 3.8) is 0 Å². The fourth-order valence-corrected chi connectivity index (χ4v) is 6.82. The predicted octanol–water partition coefficient (Wildman–Crippen LogP) is 3.60. The normalized spacial score (nSPS) is 28.6. The van der Waals surface area contributed by atoms with Crippen LogP contribution < -0.4 is 16.6 Å². The lowest BCUT2D eigenvalue weighted by Crippen LogP contribution is -2.48. The van der Waals surface area contributed by atoms with Crippen LogP contribution >= 0.6 is 0 Å². The van der Waals surface area contributed by atoms with Gasteiger partial charge in [-0.2, -0.15) is 0 Å². The molecule has 1 amide bonds. The van der Waals surface area contributed by atoms with Crippen LogP contribution in [-0.4, -0.2) is 15.5 Å². The van der Waals surface area contributed by atoms with Gasteiger partial charge in [0, 0.05) is 30.4 Å². The quantitative estimate of drug-likeness (QED) is 0.748. The minimum Gasteiger partial charge on any atom is -0.326 e. The van der Waals surface area contributed by atoms with E-state index in [4.69, 9.17) is 0 Å². The maximum Gasteiger partial charge on any atom is 0.328 e. The lowest BCUT2D eigenvalue weighted by molar-refractivity contribution is -0.116. The van der Waals surface area contributed by atoms with Gasteiger partial charge < -0.3 is 10.3 Å². The maximum atomic E-state index is 12.4. The van der Waals surface area contributed by atoms with Gasteiger partial charge in [0.2, 0.25) is 5.91 Å². The van der Waals surface area contributed by atoms with Crippen LogP contribution in [0.4, 0.5) is 5.69 Å². The molecule has 0 radical (unpaired) electrons. The Kier molecular flexibility index (Phi) is 5.11. The van der Waals surface area contributed by atoms with Crippen molar-refractivity contribution in [3.8, 4) is 0 Å². The van der Waals surface area contributed by atoms with Gasteiger partial charge in [0.25, 0.3) is 5.56 Å². The van der Waals surface area contributed by atoms with Gasteiger partial charge in [-0.25, -0.2) is 4.79 Å². The van der Waals surface area contributed by atoms with Gasteiger partial charge in [-0.15, -0.1) is 0 Å². The van der Waals surface area contributed by atoms with Crippen LogP contribution in [0.25, 0.3) is 0 Å². The first kappa shape index (κ1) is 20.3. The molecule has 4 aliphatic carbocycles. The zero-order valence-electron chi connectivity index (χ0n) is 18.2. The van der Waals surface area contributed by atoms with E-state index in [9.17, 15) is 14.4 Å². The number of anilines is 1. The van der Waals surface area contributed by atoms with Gasteiger partial charge in [0.05, 0.1) is 0 Å². The van der Waals surface area contributed by atoms with E-state index in [1.807, 2.05) is 19.1 Å². The smallest absolute Gasteiger partial charge is 0.326 e. The summed E-state index contributed by atoms with van der Waals surface area (Å²) in [6.45, 7) is 1.93. The van der Waals surface area contributed by atoms with Crippen molar-refractivity contribution in [2.45, 2.75) is 70.3 Å². The molecule has 4 saturated carbocycles. The number of rotatable bonds is 6. The summed E-state index contributed by atoms with van der Waals surface area (Å²) in [5.74, 6) is 2.52. The third kappa shape index (κ3) is 3.77. The first-order chi connectivity index (χ1) is 15.0. The molecule has 6 nitrogen and oxygen atoms in total. The molecule has 0 aliphatic heterocycles. The zero-order chi connectivity index (χ0) is 21.6. The van der Waals surface area contributed by atoms with Crippen molar-refractivity contribution < 1.29 is 4.79 Å². The van der Waals surface area contributed by atoms with Crippen molar-refractivity contribution in [2.75, 3.05) is 5.32 Å². The second kappa shape index (κ2) is 7.81. The molecule has 2 aromatic rings. The summed E-state index contributed by atoms with van der Waals surface area (Å²) in [5.41, 5.74) is 2.29. The molecule has 164 valence electrons. The molecule has 6 heteroatoms. The highest BCUT2D eigenvalue weighted by Crippen LogP contribution is 2.60. The van der Waals surface area contributed by atoms with Crippen molar-refractivity contribution in [3.05, 3.63) is 62.4 Å². The minimum atomic E-state index is -0.477. The number of aromatic amines is 1. The molecule has 4 fully saturated rings. The minimum absolute atomic E-state index is 0.0687. The Bertz CT molecular complexity index is 1060. The van der Waals surface area contributed by atoms with E-state index in [0.29, 0.717) is 17.4 Å². The second-order valence-corrected chi connectivity index (χ2v) is 10.0. The Labute approximate surface area is 182 Å². The number of aryl methyl sites for hydroxylation is 1. The third-order valence-electron chi connectivity index (χ3n) is 7.90.